The van der Waals surface area contributed by atoms with Crippen LogP contribution in [0.25, 0.3) is 0 Å². The molecule has 0 aliphatic carbocycles. The van der Waals surface area contributed by atoms with Crippen LogP contribution in [0.2, 0.25) is 0 Å². The molecular formula is C10H15NO3. The van der Waals surface area contributed by atoms with Crippen molar-refractivity contribution >= 4 is 11.9 Å². The molecule has 1 aliphatic rings. The average Bonchev–Trinajstić information content (AvgIpc) is 2.01. The highest BCUT2D eigenvalue weighted by atomic mass is 16.4. The van der Waals surface area contributed by atoms with Crippen LogP contribution in [0.15, 0.2) is 12.7 Å². The first kappa shape index (κ1) is 10.8. The largest absolute Gasteiger partial charge is 0.481 e. The fourth-order valence-electron chi connectivity index (χ4n) is 1.49. The minimum absolute atomic E-state index is 0.0360. The lowest BCUT2D eigenvalue weighted by Crippen LogP contribution is -2.53. The molecule has 0 aromatic heterocycles. The van der Waals surface area contributed by atoms with Crippen molar-refractivity contribution in [2.45, 2.75) is 13.3 Å². The Morgan fingerprint density at radius 2 is 2.21 bits per heavy atom. The Morgan fingerprint density at radius 3 is 2.64 bits per heavy atom. The quantitative estimate of drug-likeness (QED) is 0.676. The molecule has 1 aliphatic heterocycles. The summed E-state index contributed by atoms with van der Waals surface area (Å²) in [6.07, 6.45) is 1.91. The van der Waals surface area contributed by atoms with Gasteiger partial charge in [-0.15, -0.1) is 6.58 Å². The predicted molar refractivity (Wildman–Crippen MR) is 51.7 cm³/mol. The van der Waals surface area contributed by atoms with E-state index in [0.717, 1.165) is 0 Å². The Bertz CT molecular complexity index is 256. The maximum Gasteiger partial charge on any atom is 0.306 e. The van der Waals surface area contributed by atoms with Gasteiger partial charge in [-0.25, -0.2) is 0 Å². The third-order valence-corrected chi connectivity index (χ3v) is 2.68. The lowest BCUT2D eigenvalue weighted by molar-refractivity contribution is -0.150. The molecule has 78 valence electrons. The van der Waals surface area contributed by atoms with E-state index in [-0.39, 0.29) is 17.7 Å². The minimum atomic E-state index is -0.786. The fourth-order valence-corrected chi connectivity index (χ4v) is 1.49. The minimum Gasteiger partial charge on any atom is -0.481 e. The van der Waals surface area contributed by atoms with Crippen LogP contribution < -0.4 is 0 Å². The fraction of sp³-hybridized carbons (Fsp3) is 0.600. The molecule has 1 rings (SSSR count). The first-order valence-electron chi connectivity index (χ1n) is 4.67. The third-order valence-electron chi connectivity index (χ3n) is 2.68. The molecular weight excluding hydrogens is 182 g/mol. The Kier molecular flexibility index (Phi) is 3.28. The van der Waals surface area contributed by atoms with Gasteiger partial charge in [0.2, 0.25) is 5.91 Å². The molecule has 1 heterocycles. The Balaban J connectivity index is 2.33. The van der Waals surface area contributed by atoms with Crippen LogP contribution in [-0.4, -0.2) is 35.0 Å². The maximum atomic E-state index is 11.3. The van der Waals surface area contributed by atoms with Crippen molar-refractivity contribution < 1.29 is 14.7 Å². The number of hydrogen-bond acceptors (Lipinski definition) is 2. The molecule has 1 saturated heterocycles. The van der Waals surface area contributed by atoms with E-state index in [1.165, 1.54) is 0 Å². The number of likely N-dealkylation sites (tertiary alicyclic amines) is 1. The van der Waals surface area contributed by atoms with E-state index in [2.05, 4.69) is 6.58 Å². The molecule has 1 atom stereocenters. The Labute approximate surface area is 83.2 Å². The second-order valence-corrected chi connectivity index (χ2v) is 3.68. The lowest BCUT2D eigenvalue weighted by atomic mass is 9.87. The van der Waals surface area contributed by atoms with Gasteiger partial charge in [0.1, 0.15) is 0 Å². The van der Waals surface area contributed by atoms with E-state index >= 15 is 0 Å². The first-order valence-corrected chi connectivity index (χ1v) is 4.67. The van der Waals surface area contributed by atoms with Gasteiger partial charge in [0.05, 0.1) is 5.92 Å². The van der Waals surface area contributed by atoms with Crippen LogP contribution in [-0.2, 0) is 9.59 Å². The number of carbonyl (C=O) groups is 2. The molecule has 0 spiro atoms. The number of hydrogen-bond donors (Lipinski definition) is 1. The van der Waals surface area contributed by atoms with Crippen LogP contribution in [0, 0.1) is 11.8 Å². The number of amides is 1. The van der Waals surface area contributed by atoms with Crippen LogP contribution in [0.3, 0.4) is 0 Å². The first-order chi connectivity index (χ1) is 6.56. The number of carboxylic acids is 1. The predicted octanol–water partition coefficient (Wildman–Crippen LogP) is 0.742. The van der Waals surface area contributed by atoms with Crippen molar-refractivity contribution in [1.29, 1.82) is 0 Å². The summed E-state index contributed by atoms with van der Waals surface area (Å²) in [5, 5.41) is 8.73. The van der Waals surface area contributed by atoms with Gasteiger partial charge in [-0.1, -0.05) is 13.0 Å². The van der Waals surface area contributed by atoms with Gasteiger partial charge in [-0.3, -0.25) is 9.59 Å². The summed E-state index contributed by atoms with van der Waals surface area (Å²) in [5.74, 6) is -0.997. The molecule has 0 saturated carbocycles. The topological polar surface area (TPSA) is 57.6 Å². The van der Waals surface area contributed by atoms with Crippen LogP contribution in [0.5, 0.6) is 0 Å². The normalized spacial score (nSPS) is 18.5. The van der Waals surface area contributed by atoms with Crippen molar-refractivity contribution in [2.75, 3.05) is 13.1 Å². The van der Waals surface area contributed by atoms with Gasteiger partial charge >= 0.3 is 5.97 Å². The average molecular weight is 197 g/mol. The zero-order valence-corrected chi connectivity index (χ0v) is 8.27. The van der Waals surface area contributed by atoms with Gasteiger partial charge in [-0.2, -0.15) is 0 Å². The van der Waals surface area contributed by atoms with Crippen LogP contribution >= 0.6 is 0 Å². The molecule has 1 amide bonds. The monoisotopic (exact) mass is 197 g/mol. The summed E-state index contributed by atoms with van der Waals surface area (Å²) >= 11 is 0. The molecule has 0 aromatic carbocycles. The zero-order chi connectivity index (χ0) is 10.7. The number of aliphatic carboxylic acids is 1. The van der Waals surface area contributed by atoms with E-state index in [0.29, 0.717) is 19.5 Å². The molecule has 0 radical (unpaired) electrons. The molecule has 1 N–H and O–H groups in total. The number of nitrogens with zero attached hydrogens (tertiary/aromatic N) is 1. The second-order valence-electron chi connectivity index (χ2n) is 3.68. The van der Waals surface area contributed by atoms with E-state index in [1.54, 1.807) is 17.9 Å². The Morgan fingerprint density at radius 1 is 1.64 bits per heavy atom. The van der Waals surface area contributed by atoms with Crippen molar-refractivity contribution in [3.05, 3.63) is 12.7 Å². The van der Waals surface area contributed by atoms with E-state index < -0.39 is 5.97 Å². The summed E-state index contributed by atoms with van der Waals surface area (Å²) in [6, 6.07) is 0. The van der Waals surface area contributed by atoms with E-state index in [4.69, 9.17) is 5.11 Å². The smallest absolute Gasteiger partial charge is 0.306 e. The molecule has 1 fully saturated rings. The van der Waals surface area contributed by atoms with Gasteiger partial charge in [0.15, 0.2) is 0 Å². The molecule has 0 bridgehead atoms. The molecule has 14 heavy (non-hydrogen) atoms. The number of carboxylic acid groups (broad SMARTS) is 1. The molecule has 0 aromatic rings. The van der Waals surface area contributed by atoms with Crippen molar-refractivity contribution in [3.63, 3.8) is 0 Å². The van der Waals surface area contributed by atoms with E-state index in [1.807, 2.05) is 0 Å². The molecule has 4 heteroatoms. The highest BCUT2D eigenvalue weighted by molar-refractivity contribution is 5.79. The molecule has 1 unspecified atom stereocenters. The van der Waals surface area contributed by atoms with Gasteiger partial charge in [-0.05, 0) is 0 Å². The number of rotatable bonds is 4. The van der Waals surface area contributed by atoms with Crippen molar-refractivity contribution in [3.8, 4) is 0 Å². The van der Waals surface area contributed by atoms with Crippen LogP contribution in [0.4, 0.5) is 0 Å². The second kappa shape index (κ2) is 4.26. The maximum absolute atomic E-state index is 11.3. The zero-order valence-electron chi connectivity index (χ0n) is 8.27. The third kappa shape index (κ3) is 2.13. The van der Waals surface area contributed by atoms with Crippen LogP contribution in [0.1, 0.15) is 13.3 Å². The van der Waals surface area contributed by atoms with Gasteiger partial charge in [0, 0.05) is 25.4 Å². The molecule has 4 nitrogen and oxygen atoms in total. The summed E-state index contributed by atoms with van der Waals surface area (Å²) < 4.78 is 0. The summed E-state index contributed by atoms with van der Waals surface area (Å²) in [6.45, 7) is 6.30. The van der Waals surface area contributed by atoms with Crippen molar-refractivity contribution in [2.24, 2.45) is 11.8 Å². The SMILES string of the molecule is C=CCC(=O)N1CC(C(C)C(=O)O)C1. The summed E-state index contributed by atoms with van der Waals surface area (Å²) in [4.78, 5) is 23.6. The highest BCUT2D eigenvalue weighted by Gasteiger charge is 2.36. The Hall–Kier alpha value is -1.32. The number of carbonyl (C=O) groups excluding carboxylic acids is 1. The van der Waals surface area contributed by atoms with Crippen molar-refractivity contribution in [1.82, 2.24) is 4.90 Å². The van der Waals surface area contributed by atoms with E-state index in [9.17, 15) is 9.59 Å². The highest BCUT2D eigenvalue weighted by Crippen LogP contribution is 2.24. The standard InChI is InChI=1S/C10H15NO3/c1-3-4-9(12)11-5-8(6-11)7(2)10(13)14/h3,7-8H,1,4-6H2,2H3,(H,13,14). The lowest BCUT2D eigenvalue weighted by Gasteiger charge is -2.41. The van der Waals surface area contributed by atoms with Gasteiger partial charge < -0.3 is 10.0 Å². The summed E-state index contributed by atoms with van der Waals surface area (Å²) in [5.41, 5.74) is 0. The summed E-state index contributed by atoms with van der Waals surface area (Å²) in [7, 11) is 0. The van der Waals surface area contributed by atoms with Gasteiger partial charge in [0.25, 0.3) is 0 Å².